The molecule has 3 nitrogen and oxygen atoms in total. The molecule has 0 spiro atoms. The molecule has 0 aliphatic carbocycles. The van der Waals surface area contributed by atoms with Crippen LogP contribution in [0.3, 0.4) is 0 Å². The van der Waals surface area contributed by atoms with E-state index in [1.165, 1.54) is 6.07 Å². The van der Waals surface area contributed by atoms with Crippen molar-refractivity contribution in [1.82, 2.24) is 4.98 Å². The van der Waals surface area contributed by atoms with Gasteiger partial charge < -0.3 is 4.98 Å². The Morgan fingerprint density at radius 3 is 2.92 bits per heavy atom. The van der Waals surface area contributed by atoms with Crippen LogP contribution in [0.4, 0.5) is 0 Å². The van der Waals surface area contributed by atoms with Crippen LogP contribution in [0.1, 0.15) is 24.5 Å². The van der Waals surface area contributed by atoms with E-state index in [1.54, 1.807) is 0 Å². The molecule has 0 aliphatic rings. The van der Waals surface area contributed by atoms with E-state index in [0.29, 0.717) is 10.6 Å². The van der Waals surface area contributed by atoms with E-state index in [0.717, 1.165) is 18.4 Å². The topological polar surface area (TPSA) is 56.6 Å². The van der Waals surface area contributed by atoms with Gasteiger partial charge >= 0.3 is 0 Å². The molecule has 0 saturated carbocycles. The summed E-state index contributed by atoms with van der Waals surface area (Å²) in [5.74, 6) is 0. The van der Waals surface area contributed by atoms with E-state index in [-0.39, 0.29) is 5.56 Å². The van der Waals surface area contributed by atoms with Crippen LogP contribution >= 0.6 is 12.6 Å². The third-order valence-corrected chi connectivity index (χ3v) is 2.07. The minimum absolute atomic E-state index is 0.201. The van der Waals surface area contributed by atoms with Gasteiger partial charge in [0.15, 0.2) is 0 Å². The van der Waals surface area contributed by atoms with Gasteiger partial charge in [0.05, 0.1) is 10.6 Å². The number of rotatable bonds is 2. The van der Waals surface area contributed by atoms with Crippen molar-refractivity contribution in [3.63, 3.8) is 0 Å². The summed E-state index contributed by atoms with van der Waals surface area (Å²) in [4.78, 5) is 13.5. The second kappa shape index (κ2) is 4.15. The standard InChI is InChI=1S/C9H10N2OS/c1-2-3-6-4-8(12)11-9(13)7(6)5-10/h4H,2-3H2,1H3,(H2,11,12,13). The van der Waals surface area contributed by atoms with Crippen molar-refractivity contribution in [2.24, 2.45) is 0 Å². The maximum atomic E-state index is 11.0. The third-order valence-electron chi connectivity index (χ3n) is 1.74. The largest absolute Gasteiger partial charge is 0.316 e. The fraction of sp³-hybridized carbons (Fsp3) is 0.333. The highest BCUT2D eigenvalue weighted by molar-refractivity contribution is 7.80. The van der Waals surface area contributed by atoms with Gasteiger partial charge in [-0.2, -0.15) is 5.26 Å². The number of nitriles is 1. The summed E-state index contributed by atoms with van der Waals surface area (Å²) in [7, 11) is 0. The van der Waals surface area contributed by atoms with Crippen LogP contribution in [0, 0.1) is 11.3 Å². The average molecular weight is 194 g/mol. The first-order chi connectivity index (χ1) is 6.19. The second-order valence-corrected chi connectivity index (χ2v) is 3.19. The molecule has 68 valence electrons. The lowest BCUT2D eigenvalue weighted by Gasteiger charge is -2.02. The molecule has 0 radical (unpaired) electrons. The molecule has 0 aromatic carbocycles. The molecule has 0 fully saturated rings. The number of aromatic amines is 1. The number of pyridine rings is 1. The predicted octanol–water partition coefficient (Wildman–Crippen LogP) is 1.49. The molecule has 0 saturated heterocycles. The van der Waals surface area contributed by atoms with Gasteiger partial charge in [-0.3, -0.25) is 4.79 Å². The highest BCUT2D eigenvalue weighted by Gasteiger charge is 2.06. The van der Waals surface area contributed by atoms with Crippen LogP contribution in [-0.4, -0.2) is 4.98 Å². The molecule has 1 rings (SSSR count). The lowest BCUT2D eigenvalue weighted by atomic mass is 10.1. The second-order valence-electron chi connectivity index (χ2n) is 2.74. The molecule has 1 aromatic rings. The highest BCUT2D eigenvalue weighted by Crippen LogP contribution is 2.13. The van der Waals surface area contributed by atoms with Crippen molar-refractivity contribution in [2.75, 3.05) is 0 Å². The molecule has 0 unspecified atom stereocenters. The van der Waals surface area contributed by atoms with Gasteiger partial charge in [0, 0.05) is 6.07 Å². The van der Waals surface area contributed by atoms with Gasteiger partial charge in [-0.25, -0.2) is 0 Å². The van der Waals surface area contributed by atoms with Crippen LogP contribution < -0.4 is 5.56 Å². The van der Waals surface area contributed by atoms with Crippen molar-refractivity contribution in [3.8, 4) is 6.07 Å². The Morgan fingerprint density at radius 2 is 2.38 bits per heavy atom. The zero-order chi connectivity index (χ0) is 9.84. The highest BCUT2D eigenvalue weighted by atomic mass is 32.1. The van der Waals surface area contributed by atoms with Crippen LogP contribution in [0.2, 0.25) is 0 Å². The van der Waals surface area contributed by atoms with Crippen LogP contribution in [-0.2, 0) is 6.42 Å². The van der Waals surface area contributed by atoms with Crippen molar-refractivity contribution in [3.05, 3.63) is 27.5 Å². The van der Waals surface area contributed by atoms with E-state index in [1.807, 2.05) is 13.0 Å². The SMILES string of the molecule is CCCc1cc(=O)[nH]c(S)c1C#N. The van der Waals surface area contributed by atoms with E-state index in [4.69, 9.17) is 5.26 Å². The van der Waals surface area contributed by atoms with E-state index in [2.05, 4.69) is 17.6 Å². The quantitative estimate of drug-likeness (QED) is 0.701. The molecule has 4 heteroatoms. The maximum Gasteiger partial charge on any atom is 0.249 e. The first-order valence-electron chi connectivity index (χ1n) is 4.04. The first-order valence-corrected chi connectivity index (χ1v) is 4.49. The monoisotopic (exact) mass is 194 g/mol. The lowest BCUT2D eigenvalue weighted by Crippen LogP contribution is -2.09. The summed E-state index contributed by atoms with van der Waals surface area (Å²) in [6.07, 6.45) is 1.64. The molecule has 0 bridgehead atoms. The normalized spacial score (nSPS) is 9.62. The average Bonchev–Trinajstić information content (AvgIpc) is 2.04. The summed E-state index contributed by atoms with van der Waals surface area (Å²) in [5.41, 5.74) is 1.05. The van der Waals surface area contributed by atoms with Gasteiger partial charge in [0.1, 0.15) is 6.07 Å². The number of H-pyrrole nitrogens is 1. The first kappa shape index (κ1) is 9.87. The zero-order valence-electron chi connectivity index (χ0n) is 7.29. The molecular formula is C9H10N2OS. The van der Waals surface area contributed by atoms with Crippen molar-refractivity contribution in [2.45, 2.75) is 24.8 Å². The van der Waals surface area contributed by atoms with Gasteiger partial charge in [0.2, 0.25) is 5.56 Å². The molecule has 0 aliphatic heterocycles. The Hall–Kier alpha value is -1.21. The minimum Gasteiger partial charge on any atom is -0.316 e. The molecule has 1 aromatic heterocycles. The number of thiol groups is 1. The summed E-state index contributed by atoms with van der Waals surface area (Å²) in [6, 6.07) is 3.49. The molecular weight excluding hydrogens is 184 g/mol. The van der Waals surface area contributed by atoms with Crippen molar-refractivity contribution >= 4 is 12.6 Å². The fourth-order valence-electron chi connectivity index (χ4n) is 1.19. The Morgan fingerprint density at radius 1 is 1.69 bits per heavy atom. The number of nitrogens with zero attached hydrogens (tertiary/aromatic N) is 1. The minimum atomic E-state index is -0.201. The van der Waals surface area contributed by atoms with Crippen molar-refractivity contribution in [1.29, 1.82) is 5.26 Å². The molecule has 1 heterocycles. The summed E-state index contributed by atoms with van der Waals surface area (Å²) >= 11 is 4.03. The fourth-order valence-corrected chi connectivity index (χ4v) is 1.49. The third kappa shape index (κ3) is 2.13. The zero-order valence-corrected chi connectivity index (χ0v) is 8.19. The van der Waals surface area contributed by atoms with Crippen LogP contribution in [0.5, 0.6) is 0 Å². The number of aromatic nitrogens is 1. The Bertz CT molecular complexity index is 403. The molecule has 1 N–H and O–H groups in total. The number of nitrogens with one attached hydrogen (secondary N) is 1. The van der Waals surface area contributed by atoms with E-state index >= 15 is 0 Å². The summed E-state index contributed by atoms with van der Waals surface area (Å²) in [6.45, 7) is 2.00. The van der Waals surface area contributed by atoms with Gasteiger partial charge in [-0.05, 0) is 12.0 Å². The van der Waals surface area contributed by atoms with Gasteiger partial charge in [0.25, 0.3) is 0 Å². The predicted molar refractivity (Wildman–Crippen MR) is 53.0 cm³/mol. The molecule has 0 amide bonds. The van der Waals surface area contributed by atoms with Crippen LogP contribution in [0.15, 0.2) is 15.9 Å². The van der Waals surface area contributed by atoms with Gasteiger partial charge in [-0.15, -0.1) is 12.6 Å². The number of aryl methyl sites for hydroxylation is 1. The van der Waals surface area contributed by atoms with Crippen molar-refractivity contribution < 1.29 is 0 Å². The summed E-state index contributed by atoms with van der Waals surface area (Å²) < 4.78 is 0. The molecule has 13 heavy (non-hydrogen) atoms. The lowest BCUT2D eigenvalue weighted by molar-refractivity contribution is 0.894. The van der Waals surface area contributed by atoms with Gasteiger partial charge in [-0.1, -0.05) is 13.3 Å². The Balaban J connectivity index is 3.31. The maximum absolute atomic E-state index is 11.0. The van der Waals surface area contributed by atoms with E-state index < -0.39 is 0 Å². The molecule has 0 atom stereocenters. The Kier molecular flexibility index (Phi) is 3.15. The number of hydrogen-bond donors (Lipinski definition) is 2. The smallest absolute Gasteiger partial charge is 0.249 e. The summed E-state index contributed by atoms with van der Waals surface area (Å²) in [5, 5.41) is 9.16. The number of hydrogen-bond acceptors (Lipinski definition) is 3. The Labute approximate surface area is 81.8 Å². The van der Waals surface area contributed by atoms with E-state index in [9.17, 15) is 4.79 Å². The van der Waals surface area contributed by atoms with Crippen LogP contribution in [0.25, 0.3) is 0 Å².